The van der Waals surface area contributed by atoms with E-state index in [1.807, 2.05) is 19.1 Å². The van der Waals surface area contributed by atoms with E-state index >= 15 is 0 Å². The molecule has 4 heteroatoms. The molecule has 1 atom stereocenters. The molecular weight excluding hydrogens is 184 g/mol. The van der Waals surface area contributed by atoms with Crippen molar-refractivity contribution in [3.63, 3.8) is 0 Å². The van der Waals surface area contributed by atoms with Crippen molar-refractivity contribution in [1.82, 2.24) is 0 Å². The first-order chi connectivity index (χ1) is 6.06. The lowest BCUT2D eigenvalue weighted by molar-refractivity contribution is 0.681. The van der Waals surface area contributed by atoms with Crippen molar-refractivity contribution in [1.29, 1.82) is 5.26 Å². The Kier molecular flexibility index (Phi) is 2.69. The molecule has 68 valence electrons. The number of hydrogen-bond donors (Lipinski definition) is 0. The SMILES string of the molecule is Cc1ccc(S(C)(=O)=NC#N)cc1. The quantitative estimate of drug-likeness (QED) is 0.641. The minimum Gasteiger partial charge on any atom is -0.244 e. The molecule has 0 heterocycles. The van der Waals surface area contributed by atoms with E-state index in [2.05, 4.69) is 4.36 Å². The van der Waals surface area contributed by atoms with Crippen LogP contribution in [0.15, 0.2) is 33.5 Å². The molecule has 1 unspecified atom stereocenters. The monoisotopic (exact) mass is 194 g/mol. The Balaban J connectivity index is 3.27. The van der Waals surface area contributed by atoms with Crippen LogP contribution in [0.1, 0.15) is 5.56 Å². The number of aryl methyl sites for hydroxylation is 1. The summed E-state index contributed by atoms with van der Waals surface area (Å²) in [7, 11) is -2.51. The van der Waals surface area contributed by atoms with Gasteiger partial charge in [0.15, 0.2) is 0 Å². The number of rotatable bonds is 1. The van der Waals surface area contributed by atoms with E-state index in [9.17, 15) is 4.21 Å². The summed E-state index contributed by atoms with van der Waals surface area (Å²) in [5.41, 5.74) is 1.09. The number of nitriles is 1. The third-order valence-corrected chi connectivity index (χ3v) is 3.25. The Labute approximate surface area is 78.2 Å². The van der Waals surface area contributed by atoms with Crippen LogP contribution >= 0.6 is 0 Å². The van der Waals surface area contributed by atoms with Gasteiger partial charge < -0.3 is 0 Å². The minimum absolute atomic E-state index is 0.597. The van der Waals surface area contributed by atoms with Crippen molar-refractivity contribution < 1.29 is 4.21 Å². The zero-order valence-corrected chi connectivity index (χ0v) is 8.34. The van der Waals surface area contributed by atoms with Gasteiger partial charge in [-0.2, -0.15) is 5.26 Å². The average Bonchev–Trinajstić information content (AvgIpc) is 2.05. The number of nitrogens with zero attached hydrogens (tertiary/aromatic N) is 2. The fourth-order valence-electron chi connectivity index (χ4n) is 0.921. The first kappa shape index (κ1) is 9.75. The topological polar surface area (TPSA) is 53.2 Å². The van der Waals surface area contributed by atoms with Crippen LogP contribution in [0.5, 0.6) is 0 Å². The summed E-state index contributed by atoms with van der Waals surface area (Å²) >= 11 is 0. The molecule has 0 aliphatic carbocycles. The highest BCUT2D eigenvalue weighted by Gasteiger charge is 2.03. The summed E-state index contributed by atoms with van der Waals surface area (Å²) < 4.78 is 15.1. The molecule has 0 radical (unpaired) electrons. The zero-order valence-electron chi connectivity index (χ0n) is 7.52. The van der Waals surface area contributed by atoms with Gasteiger partial charge >= 0.3 is 0 Å². The molecule has 0 saturated heterocycles. The molecular formula is C9H10N2OS. The van der Waals surface area contributed by atoms with E-state index in [1.54, 1.807) is 18.3 Å². The van der Waals surface area contributed by atoms with E-state index in [1.165, 1.54) is 6.26 Å². The van der Waals surface area contributed by atoms with E-state index < -0.39 is 9.73 Å². The molecule has 0 aliphatic heterocycles. The molecule has 0 aliphatic rings. The highest BCUT2D eigenvalue weighted by molar-refractivity contribution is 7.93. The van der Waals surface area contributed by atoms with Crippen molar-refractivity contribution in [3.8, 4) is 6.19 Å². The predicted molar refractivity (Wildman–Crippen MR) is 51.6 cm³/mol. The van der Waals surface area contributed by atoms with E-state index in [0.717, 1.165) is 5.56 Å². The standard InChI is InChI=1S/C9H10N2OS/c1-8-3-5-9(6-4-8)13(2,12)11-7-10/h3-6H,1-2H3. The first-order valence-electron chi connectivity index (χ1n) is 3.73. The van der Waals surface area contributed by atoms with Crippen LogP contribution < -0.4 is 0 Å². The summed E-state index contributed by atoms with van der Waals surface area (Å²) in [5.74, 6) is 0. The average molecular weight is 194 g/mol. The van der Waals surface area contributed by atoms with Gasteiger partial charge in [0.1, 0.15) is 0 Å². The minimum atomic E-state index is -2.51. The molecule has 0 N–H and O–H groups in total. The van der Waals surface area contributed by atoms with Crippen molar-refractivity contribution in [2.24, 2.45) is 4.36 Å². The van der Waals surface area contributed by atoms with Crippen molar-refractivity contribution >= 4 is 9.73 Å². The van der Waals surface area contributed by atoms with Crippen LogP contribution in [-0.2, 0) is 9.73 Å². The van der Waals surface area contributed by atoms with E-state index in [4.69, 9.17) is 5.26 Å². The normalized spacial score (nSPS) is 14.2. The maximum Gasteiger partial charge on any atom is 0.214 e. The molecule has 0 aromatic heterocycles. The fourth-order valence-corrected chi connectivity index (χ4v) is 1.82. The van der Waals surface area contributed by atoms with Crippen LogP contribution in [0.3, 0.4) is 0 Å². The number of benzene rings is 1. The van der Waals surface area contributed by atoms with Gasteiger partial charge in [0.2, 0.25) is 6.19 Å². The van der Waals surface area contributed by atoms with Gasteiger partial charge in [-0.1, -0.05) is 17.7 Å². The Morgan fingerprint density at radius 1 is 1.38 bits per heavy atom. The highest BCUT2D eigenvalue weighted by Crippen LogP contribution is 2.11. The van der Waals surface area contributed by atoms with Crippen LogP contribution in [0.2, 0.25) is 0 Å². The van der Waals surface area contributed by atoms with Crippen molar-refractivity contribution in [2.45, 2.75) is 11.8 Å². The van der Waals surface area contributed by atoms with Gasteiger partial charge in [0.25, 0.3) is 0 Å². The van der Waals surface area contributed by atoms with E-state index in [-0.39, 0.29) is 0 Å². The second-order valence-corrected chi connectivity index (χ2v) is 5.07. The van der Waals surface area contributed by atoms with Crippen LogP contribution in [0, 0.1) is 18.4 Å². The van der Waals surface area contributed by atoms with Crippen molar-refractivity contribution in [2.75, 3.05) is 6.26 Å². The Morgan fingerprint density at radius 2 is 1.92 bits per heavy atom. The van der Waals surface area contributed by atoms with E-state index in [0.29, 0.717) is 4.90 Å². The summed E-state index contributed by atoms with van der Waals surface area (Å²) in [6, 6.07) is 7.17. The Hall–Kier alpha value is -1.34. The maximum atomic E-state index is 11.7. The molecule has 13 heavy (non-hydrogen) atoms. The van der Waals surface area contributed by atoms with Crippen molar-refractivity contribution in [3.05, 3.63) is 29.8 Å². The van der Waals surface area contributed by atoms with Gasteiger partial charge in [-0.25, -0.2) is 4.21 Å². The molecule has 1 rings (SSSR count). The van der Waals surface area contributed by atoms with Crippen LogP contribution in [0.25, 0.3) is 0 Å². The molecule has 0 bridgehead atoms. The van der Waals surface area contributed by atoms with Gasteiger partial charge in [0.05, 0.1) is 9.73 Å². The zero-order chi connectivity index (χ0) is 9.90. The lowest BCUT2D eigenvalue weighted by atomic mass is 10.2. The van der Waals surface area contributed by atoms with Gasteiger partial charge in [-0.05, 0) is 19.1 Å². The highest BCUT2D eigenvalue weighted by atomic mass is 32.2. The second kappa shape index (κ2) is 3.58. The second-order valence-electron chi connectivity index (χ2n) is 2.81. The summed E-state index contributed by atoms with van der Waals surface area (Å²) in [6.07, 6.45) is 3.03. The lowest BCUT2D eigenvalue weighted by Gasteiger charge is -2.01. The summed E-state index contributed by atoms with van der Waals surface area (Å²) in [5, 5.41) is 8.32. The predicted octanol–water partition coefficient (Wildman–Crippen LogP) is 1.93. The Bertz CT molecular complexity index is 447. The lowest BCUT2D eigenvalue weighted by Crippen LogP contribution is -1.96. The molecule has 0 spiro atoms. The van der Waals surface area contributed by atoms with Crippen LogP contribution in [0.4, 0.5) is 0 Å². The smallest absolute Gasteiger partial charge is 0.214 e. The van der Waals surface area contributed by atoms with Crippen LogP contribution in [-0.4, -0.2) is 10.5 Å². The molecule has 0 fully saturated rings. The van der Waals surface area contributed by atoms with Gasteiger partial charge in [-0.15, -0.1) is 4.36 Å². The molecule has 1 aromatic carbocycles. The third kappa shape index (κ3) is 2.30. The first-order valence-corrected chi connectivity index (χ1v) is 5.65. The maximum absolute atomic E-state index is 11.7. The molecule has 1 aromatic rings. The molecule has 0 saturated carbocycles. The Morgan fingerprint density at radius 3 is 2.38 bits per heavy atom. The number of hydrogen-bond acceptors (Lipinski definition) is 3. The molecule has 0 amide bonds. The largest absolute Gasteiger partial charge is 0.244 e. The fraction of sp³-hybridized carbons (Fsp3) is 0.222. The summed E-state index contributed by atoms with van der Waals surface area (Å²) in [6.45, 7) is 1.95. The third-order valence-electron chi connectivity index (χ3n) is 1.67. The van der Waals surface area contributed by atoms with Gasteiger partial charge in [0, 0.05) is 11.2 Å². The van der Waals surface area contributed by atoms with Gasteiger partial charge in [-0.3, -0.25) is 0 Å². The molecule has 3 nitrogen and oxygen atoms in total. The summed E-state index contributed by atoms with van der Waals surface area (Å²) in [4.78, 5) is 0.597.